The van der Waals surface area contributed by atoms with E-state index in [1.54, 1.807) is 0 Å². The first-order chi connectivity index (χ1) is 17.1. The third-order valence-electron chi connectivity index (χ3n) is 6.92. The van der Waals surface area contributed by atoms with Crippen LogP contribution >= 0.6 is 0 Å². The summed E-state index contributed by atoms with van der Waals surface area (Å²) in [6, 6.07) is 9.70. The number of hydrogen-bond donors (Lipinski definition) is 3. The highest BCUT2D eigenvalue weighted by atomic mass is 16.5. The van der Waals surface area contributed by atoms with Gasteiger partial charge in [0, 0.05) is 23.8 Å². The number of ether oxygens (including phenoxy) is 1. The number of nitrogens with two attached hydrogens (primary N) is 1. The van der Waals surface area contributed by atoms with Crippen molar-refractivity contribution in [2.75, 3.05) is 12.3 Å². The van der Waals surface area contributed by atoms with Gasteiger partial charge in [0.2, 0.25) is 0 Å². The van der Waals surface area contributed by atoms with Crippen molar-refractivity contribution in [1.82, 2.24) is 35.0 Å². The van der Waals surface area contributed by atoms with Gasteiger partial charge in [0.15, 0.2) is 17.0 Å². The summed E-state index contributed by atoms with van der Waals surface area (Å²) in [6.07, 6.45) is 9.78. The van der Waals surface area contributed by atoms with Gasteiger partial charge in [0.05, 0.1) is 18.8 Å². The van der Waals surface area contributed by atoms with Crippen LogP contribution in [0, 0.1) is 6.92 Å². The fourth-order valence-corrected chi connectivity index (χ4v) is 4.71. The number of benzene rings is 1. The Labute approximate surface area is 203 Å². The Morgan fingerprint density at radius 1 is 1.17 bits per heavy atom. The fraction of sp³-hybridized carbons (Fsp3) is 0.385. The van der Waals surface area contributed by atoms with Crippen molar-refractivity contribution in [3.63, 3.8) is 0 Å². The van der Waals surface area contributed by atoms with Crippen LogP contribution in [-0.4, -0.2) is 42.4 Å². The molecule has 180 valence electrons. The molecule has 1 aliphatic carbocycles. The average molecular weight is 471 g/mol. The second-order valence-corrected chi connectivity index (χ2v) is 9.40. The summed E-state index contributed by atoms with van der Waals surface area (Å²) in [5.74, 6) is 1.18. The molecule has 2 aliphatic rings. The lowest BCUT2D eigenvalue weighted by atomic mass is 9.93. The maximum Gasteiger partial charge on any atom is 0.320 e. The number of fused-ring (bicyclic) bond motifs is 3. The van der Waals surface area contributed by atoms with Crippen LogP contribution in [0.1, 0.15) is 48.3 Å². The molecule has 3 aromatic heterocycles. The van der Waals surface area contributed by atoms with E-state index >= 15 is 0 Å². The minimum Gasteiger partial charge on any atom is -0.463 e. The first kappa shape index (κ1) is 21.8. The molecule has 1 fully saturated rings. The minimum absolute atomic E-state index is 0.291. The molecule has 35 heavy (non-hydrogen) atoms. The number of nitrogen functional groups attached to an aromatic ring is 1. The van der Waals surface area contributed by atoms with Gasteiger partial charge in [-0.05, 0) is 49.8 Å². The van der Waals surface area contributed by atoms with Gasteiger partial charge in [-0.15, -0.1) is 0 Å². The molecule has 0 spiro atoms. The van der Waals surface area contributed by atoms with Crippen LogP contribution in [0.3, 0.4) is 0 Å². The molecule has 0 saturated heterocycles. The second kappa shape index (κ2) is 9.14. The highest BCUT2D eigenvalue weighted by molar-refractivity contribution is 5.82. The summed E-state index contributed by atoms with van der Waals surface area (Å²) < 4.78 is 7.85. The largest absolute Gasteiger partial charge is 0.463 e. The van der Waals surface area contributed by atoms with Gasteiger partial charge in [-0.1, -0.05) is 36.8 Å². The highest BCUT2D eigenvalue weighted by Gasteiger charge is 2.18. The summed E-state index contributed by atoms with van der Waals surface area (Å²) in [5, 5.41) is 11.5. The number of aromatic nitrogens is 6. The third-order valence-corrected chi connectivity index (χ3v) is 6.92. The maximum atomic E-state index is 6.17. The van der Waals surface area contributed by atoms with E-state index in [0.717, 1.165) is 42.2 Å². The summed E-state index contributed by atoms with van der Waals surface area (Å²) in [4.78, 5) is 13.5. The molecule has 9 nitrogen and oxygen atoms in total. The molecular weight excluding hydrogens is 440 g/mol. The van der Waals surface area contributed by atoms with Crippen molar-refractivity contribution in [2.45, 2.75) is 58.2 Å². The molecule has 4 aromatic rings. The number of hydrogen-bond acceptors (Lipinski definition) is 7. The van der Waals surface area contributed by atoms with Gasteiger partial charge in [-0.25, -0.2) is 4.98 Å². The smallest absolute Gasteiger partial charge is 0.320 e. The molecule has 4 N–H and O–H groups in total. The van der Waals surface area contributed by atoms with E-state index in [9.17, 15) is 0 Å². The third kappa shape index (κ3) is 4.39. The minimum atomic E-state index is 0.291. The summed E-state index contributed by atoms with van der Waals surface area (Å²) in [7, 11) is 0. The number of H-pyrrole nitrogens is 1. The van der Waals surface area contributed by atoms with E-state index in [4.69, 9.17) is 10.5 Å². The van der Waals surface area contributed by atoms with Gasteiger partial charge in [-0.3, -0.25) is 5.10 Å². The molecule has 1 saturated carbocycles. The van der Waals surface area contributed by atoms with Crippen molar-refractivity contribution in [3.8, 4) is 17.3 Å². The Bertz CT molecular complexity index is 1400. The number of nitrogens with one attached hydrogen (secondary N) is 2. The van der Waals surface area contributed by atoms with E-state index < -0.39 is 0 Å². The lowest BCUT2D eigenvalue weighted by molar-refractivity contribution is 0.300. The molecule has 4 heterocycles. The number of imidazole rings is 1. The van der Waals surface area contributed by atoms with Gasteiger partial charge in [0.25, 0.3) is 0 Å². The molecule has 9 heteroatoms. The number of nitrogens with zero attached hydrogens (tertiary/aromatic N) is 5. The summed E-state index contributed by atoms with van der Waals surface area (Å²) >= 11 is 0. The number of allylic oxidation sites excluding steroid dienone is 1. The molecule has 6 rings (SSSR count). The predicted molar refractivity (Wildman–Crippen MR) is 135 cm³/mol. The Balaban J connectivity index is 1.35. The standard InChI is InChI=1S/C26H30N8O/c1-16-29-23-24(27)30-26-31-25(23)34(16)15-17-9-10-21(18(12-17)6-3-2-4-11-35-26)22-13-20(32-33-22)14-28-19-7-5-8-19/h2-3,9-10,12-13,19,28H,4-8,11,14-15H2,1H3,(H,32,33)(H2,27,30,31)/b3-2-. The molecule has 0 radical (unpaired) electrons. The van der Waals surface area contributed by atoms with Crippen LogP contribution in [-0.2, 0) is 19.5 Å². The molecule has 4 bridgehead atoms. The second-order valence-electron chi connectivity index (χ2n) is 9.40. The van der Waals surface area contributed by atoms with Crippen molar-refractivity contribution in [3.05, 3.63) is 59.1 Å². The monoisotopic (exact) mass is 470 g/mol. The molecule has 0 unspecified atom stereocenters. The van der Waals surface area contributed by atoms with Gasteiger partial charge in [0.1, 0.15) is 5.82 Å². The zero-order chi connectivity index (χ0) is 23.8. The quantitative estimate of drug-likeness (QED) is 0.389. The van der Waals surface area contributed by atoms with Crippen LogP contribution in [0.25, 0.3) is 22.4 Å². The first-order valence-electron chi connectivity index (χ1n) is 12.3. The van der Waals surface area contributed by atoms with Crippen LogP contribution in [0.4, 0.5) is 5.82 Å². The van der Waals surface area contributed by atoms with Crippen molar-refractivity contribution in [1.29, 1.82) is 0 Å². The van der Waals surface area contributed by atoms with Gasteiger partial charge < -0.3 is 20.4 Å². The fourth-order valence-electron chi connectivity index (χ4n) is 4.71. The molecule has 1 aliphatic heterocycles. The predicted octanol–water partition coefficient (Wildman–Crippen LogP) is 3.68. The lowest BCUT2D eigenvalue weighted by Gasteiger charge is -2.26. The van der Waals surface area contributed by atoms with E-state index in [1.807, 2.05) is 6.92 Å². The Morgan fingerprint density at radius 3 is 2.94 bits per heavy atom. The van der Waals surface area contributed by atoms with Crippen molar-refractivity contribution in [2.24, 2.45) is 0 Å². The maximum absolute atomic E-state index is 6.17. The number of anilines is 1. The average Bonchev–Trinajstić information content (AvgIpc) is 3.40. The topological polar surface area (TPSA) is 120 Å². The van der Waals surface area contributed by atoms with E-state index in [1.165, 1.54) is 30.4 Å². The van der Waals surface area contributed by atoms with Crippen molar-refractivity contribution >= 4 is 17.0 Å². The Hall–Kier alpha value is -3.72. The van der Waals surface area contributed by atoms with Crippen LogP contribution in [0.15, 0.2) is 36.4 Å². The van der Waals surface area contributed by atoms with E-state index in [-0.39, 0.29) is 0 Å². The first-order valence-corrected chi connectivity index (χ1v) is 12.3. The van der Waals surface area contributed by atoms with E-state index in [2.05, 4.69) is 71.5 Å². The highest BCUT2D eigenvalue weighted by Crippen LogP contribution is 2.28. The van der Waals surface area contributed by atoms with Gasteiger partial charge in [-0.2, -0.15) is 15.1 Å². The zero-order valence-corrected chi connectivity index (χ0v) is 19.9. The molecule has 1 aromatic carbocycles. The Morgan fingerprint density at radius 2 is 2.09 bits per heavy atom. The molecular formula is C26H30N8O. The van der Waals surface area contributed by atoms with Crippen LogP contribution < -0.4 is 15.8 Å². The van der Waals surface area contributed by atoms with Crippen molar-refractivity contribution < 1.29 is 4.74 Å². The normalized spacial score (nSPS) is 17.2. The van der Waals surface area contributed by atoms with E-state index in [0.29, 0.717) is 42.2 Å². The SMILES string of the molecule is Cc1nc2c(N)nc3nc2n1Cc1ccc(-c2cc(CNC4CCC4)[nH]n2)c(c1)C/C=C\CCO3. The number of aromatic amines is 1. The number of rotatable bonds is 4. The number of aryl methyl sites for hydroxylation is 1. The molecule has 0 amide bonds. The van der Waals surface area contributed by atoms with Crippen LogP contribution in [0.2, 0.25) is 0 Å². The summed E-state index contributed by atoms with van der Waals surface area (Å²) in [6.45, 7) is 3.90. The van der Waals surface area contributed by atoms with Crippen LogP contribution in [0.5, 0.6) is 6.01 Å². The molecule has 0 atom stereocenters. The zero-order valence-electron chi connectivity index (χ0n) is 19.9. The summed E-state index contributed by atoms with van der Waals surface area (Å²) in [5.41, 5.74) is 13.1. The lowest BCUT2D eigenvalue weighted by Crippen LogP contribution is -2.34. The Kier molecular flexibility index (Phi) is 5.69. The van der Waals surface area contributed by atoms with Gasteiger partial charge >= 0.3 is 6.01 Å².